The number of amides is 3. The maximum atomic E-state index is 12.3. The van der Waals surface area contributed by atoms with Gasteiger partial charge in [0.1, 0.15) is 6.04 Å². The van der Waals surface area contributed by atoms with E-state index in [1.54, 1.807) is 4.90 Å². The lowest BCUT2D eigenvalue weighted by atomic mass is 10.0. The minimum absolute atomic E-state index is 0.000539. The number of fused-ring (bicyclic) bond motifs is 1. The van der Waals surface area contributed by atoms with Crippen LogP contribution in [0.5, 0.6) is 0 Å². The number of β-amino-alcohol motifs (C(OH)–C–C–N with tert-alkyl or cyclic N) is 1. The average Bonchev–Trinajstić information content (AvgIpc) is 2.81. The Labute approximate surface area is 135 Å². The lowest BCUT2D eigenvalue weighted by Crippen LogP contribution is -2.40. The Morgan fingerprint density at radius 1 is 1.22 bits per heavy atom. The first kappa shape index (κ1) is 16.0. The number of rotatable bonds is 6. The molecule has 1 N–H and O–H groups in total. The molecule has 0 aromatic heterocycles. The van der Waals surface area contributed by atoms with Gasteiger partial charge in [-0.2, -0.15) is 0 Å². The van der Waals surface area contributed by atoms with Gasteiger partial charge in [-0.15, -0.1) is 0 Å². The van der Waals surface area contributed by atoms with Gasteiger partial charge in [0.25, 0.3) is 5.91 Å². The van der Waals surface area contributed by atoms with Crippen molar-refractivity contribution >= 4 is 11.9 Å². The largest absolute Gasteiger partial charge is 0.389 e. The highest BCUT2D eigenvalue weighted by Crippen LogP contribution is 2.26. The molecule has 6 nitrogen and oxygen atoms in total. The van der Waals surface area contributed by atoms with Crippen LogP contribution in [0.2, 0.25) is 0 Å². The first-order chi connectivity index (χ1) is 11.2. The van der Waals surface area contributed by atoms with E-state index in [1.165, 1.54) is 4.90 Å². The number of aliphatic hydroxyl groups excluding tert-OH is 1. The third-order valence-electron chi connectivity index (χ3n) is 4.35. The van der Waals surface area contributed by atoms with Crippen LogP contribution < -0.4 is 0 Å². The summed E-state index contributed by atoms with van der Waals surface area (Å²) >= 11 is 0. The van der Waals surface area contributed by atoms with Crippen LogP contribution in [0.4, 0.5) is 4.79 Å². The van der Waals surface area contributed by atoms with Crippen LogP contribution in [0.15, 0.2) is 30.3 Å². The lowest BCUT2D eigenvalue weighted by molar-refractivity contribution is -0.130. The van der Waals surface area contributed by atoms with E-state index >= 15 is 0 Å². The van der Waals surface area contributed by atoms with Crippen molar-refractivity contribution in [2.45, 2.75) is 38.0 Å². The molecule has 3 amide bonds. The number of benzene rings is 1. The molecule has 1 aromatic carbocycles. The van der Waals surface area contributed by atoms with E-state index in [2.05, 4.69) is 0 Å². The van der Waals surface area contributed by atoms with Crippen molar-refractivity contribution in [1.82, 2.24) is 9.80 Å². The molecule has 2 heterocycles. The van der Waals surface area contributed by atoms with Gasteiger partial charge in [-0.05, 0) is 24.8 Å². The standard InChI is InChI=1S/C17H22N2O4/c20-14(12-23-11-13-6-2-1-3-7-13)10-19-16(21)15-8-4-5-9-18(15)17(19)22/h1-3,6-7,14-15,20H,4-5,8-12H2/t14-,15+/m1/s1. The molecule has 2 aliphatic rings. The van der Waals surface area contributed by atoms with Crippen LogP contribution in [0.1, 0.15) is 24.8 Å². The van der Waals surface area contributed by atoms with Crippen LogP contribution in [-0.2, 0) is 16.1 Å². The van der Waals surface area contributed by atoms with Crippen LogP contribution in [-0.4, -0.2) is 58.7 Å². The molecule has 3 rings (SSSR count). The number of imide groups is 1. The minimum Gasteiger partial charge on any atom is -0.389 e. The van der Waals surface area contributed by atoms with Gasteiger partial charge in [0.2, 0.25) is 0 Å². The normalized spacial score (nSPS) is 22.4. The number of ether oxygens (including phenoxy) is 1. The molecule has 0 bridgehead atoms. The first-order valence-corrected chi connectivity index (χ1v) is 8.08. The Balaban J connectivity index is 1.48. The maximum absolute atomic E-state index is 12.3. The second kappa shape index (κ2) is 7.10. The number of hydrogen-bond donors (Lipinski definition) is 1. The maximum Gasteiger partial charge on any atom is 0.327 e. The molecule has 0 aliphatic carbocycles. The summed E-state index contributed by atoms with van der Waals surface area (Å²) in [6, 6.07) is 9.06. The number of hydrogen-bond acceptors (Lipinski definition) is 4. The predicted molar refractivity (Wildman–Crippen MR) is 83.6 cm³/mol. The summed E-state index contributed by atoms with van der Waals surface area (Å²) in [5.41, 5.74) is 1.02. The molecular weight excluding hydrogens is 296 g/mol. The van der Waals surface area contributed by atoms with E-state index in [1.807, 2.05) is 30.3 Å². The summed E-state index contributed by atoms with van der Waals surface area (Å²) in [6.45, 7) is 1.12. The van der Waals surface area contributed by atoms with Crippen LogP contribution >= 0.6 is 0 Å². The van der Waals surface area contributed by atoms with Crippen LogP contribution in [0.25, 0.3) is 0 Å². The zero-order valence-corrected chi connectivity index (χ0v) is 13.1. The molecule has 2 saturated heterocycles. The van der Waals surface area contributed by atoms with Gasteiger partial charge < -0.3 is 14.7 Å². The number of carbonyl (C=O) groups excluding carboxylic acids is 2. The number of nitrogens with zero attached hydrogens (tertiary/aromatic N) is 2. The SMILES string of the molecule is O=C1[C@@H]2CCCCN2C(=O)N1C[C@@H](O)COCc1ccccc1. The molecule has 2 fully saturated rings. The summed E-state index contributed by atoms with van der Waals surface area (Å²) in [5.74, 6) is -0.184. The summed E-state index contributed by atoms with van der Waals surface area (Å²) in [4.78, 5) is 27.4. The van der Waals surface area contributed by atoms with Crippen molar-refractivity contribution in [3.05, 3.63) is 35.9 Å². The molecule has 6 heteroatoms. The van der Waals surface area contributed by atoms with Gasteiger partial charge in [-0.1, -0.05) is 30.3 Å². The van der Waals surface area contributed by atoms with Gasteiger partial charge in [-0.3, -0.25) is 9.69 Å². The Morgan fingerprint density at radius 2 is 2.00 bits per heavy atom. The molecule has 2 aliphatic heterocycles. The first-order valence-electron chi connectivity index (χ1n) is 8.08. The summed E-state index contributed by atoms with van der Waals surface area (Å²) in [7, 11) is 0. The second-order valence-electron chi connectivity index (χ2n) is 6.09. The smallest absolute Gasteiger partial charge is 0.327 e. The van der Waals surface area contributed by atoms with E-state index in [4.69, 9.17) is 4.74 Å². The van der Waals surface area contributed by atoms with Crippen molar-refractivity contribution in [3.8, 4) is 0 Å². The third kappa shape index (κ3) is 3.54. The Kier molecular flexibility index (Phi) is 4.93. The van der Waals surface area contributed by atoms with Gasteiger partial charge in [-0.25, -0.2) is 4.79 Å². The molecule has 1 aromatic rings. The summed E-state index contributed by atoms with van der Waals surface area (Å²) in [6.07, 6.45) is 1.76. The molecule has 0 radical (unpaired) electrons. The van der Waals surface area contributed by atoms with Gasteiger partial charge in [0.15, 0.2) is 0 Å². The summed E-state index contributed by atoms with van der Waals surface area (Å²) < 4.78 is 5.47. The zero-order chi connectivity index (χ0) is 16.2. The molecule has 0 spiro atoms. The van der Waals surface area contributed by atoms with E-state index in [-0.39, 0.29) is 31.1 Å². The quantitative estimate of drug-likeness (QED) is 0.805. The van der Waals surface area contributed by atoms with E-state index < -0.39 is 6.10 Å². The Hall–Kier alpha value is -1.92. The van der Waals surface area contributed by atoms with Gasteiger partial charge in [0.05, 0.1) is 25.9 Å². The number of piperidine rings is 1. The van der Waals surface area contributed by atoms with E-state index in [9.17, 15) is 14.7 Å². The minimum atomic E-state index is -0.868. The fourth-order valence-electron chi connectivity index (χ4n) is 3.17. The number of aliphatic hydroxyl groups is 1. The van der Waals surface area contributed by atoms with Gasteiger partial charge >= 0.3 is 6.03 Å². The second-order valence-corrected chi connectivity index (χ2v) is 6.09. The van der Waals surface area contributed by atoms with E-state index in [0.717, 1.165) is 24.8 Å². The van der Waals surface area contributed by atoms with E-state index in [0.29, 0.717) is 13.2 Å². The molecule has 124 valence electrons. The fourth-order valence-corrected chi connectivity index (χ4v) is 3.17. The van der Waals surface area contributed by atoms with Crippen molar-refractivity contribution in [2.24, 2.45) is 0 Å². The zero-order valence-electron chi connectivity index (χ0n) is 13.1. The van der Waals surface area contributed by atoms with Crippen molar-refractivity contribution < 1.29 is 19.4 Å². The molecule has 2 atom stereocenters. The fraction of sp³-hybridized carbons (Fsp3) is 0.529. The topological polar surface area (TPSA) is 70.1 Å². The van der Waals surface area contributed by atoms with Crippen molar-refractivity contribution in [3.63, 3.8) is 0 Å². The van der Waals surface area contributed by atoms with Gasteiger partial charge in [0, 0.05) is 6.54 Å². The lowest BCUT2D eigenvalue weighted by Gasteiger charge is -2.26. The third-order valence-corrected chi connectivity index (χ3v) is 4.35. The molecular formula is C17H22N2O4. The highest BCUT2D eigenvalue weighted by atomic mass is 16.5. The average molecular weight is 318 g/mol. The van der Waals surface area contributed by atoms with Crippen molar-refractivity contribution in [2.75, 3.05) is 19.7 Å². The highest BCUT2D eigenvalue weighted by Gasteiger charge is 2.46. The number of carbonyl (C=O) groups is 2. The molecule has 0 saturated carbocycles. The monoisotopic (exact) mass is 318 g/mol. The van der Waals surface area contributed by atoms with Crippen LogP contribution in [0, 0.1) is 0 Å². The number of urea groups is 1. The van der Waals surface area contributed by atoms with Crippen molar-refractivity contribution in [1.29, 1.82) is 0 Å². The summed E-state index contributed by atoms with van der Waals surface area (Å²) in [5, 5.41) is 10.1. The predicted octanol–water partition coefficient (Wildman–Crippen LogP) is 1.38. The van der Waals surface area contributed by atoms with Crippen LogP contribution in [0.3, 0.4) is 0 Å². The Morgan fingerprint density at radius 3 is 2.74 bits per heavy atom. The Bertz CT molecular complexity index is 539. The molecule has 23 heavy (non-hydrogen) atoms. The molecule has 0 unspecified atom stereocenters. The highest BCUT2D eigenvalue weighted by molar-refractivity contribution is 6.04.